The Bertz CT molecular complexity index is 559. The maximum absolute atomic E-state index is 11.0. The van der Waals surface area contributed by atoms with Gasteiger partial charge in [-0.1, -0.05) is 61.3 Å². The summed E-state index contributed by atoms with van der Waals surface area (Å²) in [6.45, 7) is 6.01. The topological polar surface area (TPSA) is 37.3 Å². The maximum atomic E-state index is 11.0. The molecule has 0 unspecified atom stereocenters. The second kappa shape index (κ2) is 6.95. The predicted octanol–water partition coefficient (Wildman–Crippen LogP) is 5.04. The molecule has 2 nitrogen and oxygen atoms in total. The first kappa shape index (κ1) is 15.3. The van der Waals surface area contributed by atoms with Crippen LogP contribution in [-0.4, -0.2) is 11.1 Å². The van der Waals surface area contributed by atoms with Crippen molar-refractivity contribution in [2.45, 2.75) is 20.8 Å². The lowest BCUT2D eigenvalue weighted by molar-refractivity contribution is 0.0697. The first-order chi connectivity index (χ1) is 9.08. The number of halogens is 1. The standard InChI is InChI=1S/C14H11ClO2.C2H6/c1-9-2-4-10(5-3-9)11-6-7-13(15)12(8-11)14(16)17;1-2/h2-8H,1H3,(H,16,17);1-2H3. The SMILES string of the molecule is CC.Cc1ccc(-c2ccc(Cl)c(C(=O)O)c2)cc1. The minimum absolute atomic E-state index is 0.129. The number of hydrogen-bond donors (Lipinski definition) is 1. The van der Waals surface area contributed by atoms with Crippen molar-refractivity contribution in [3.8, 4) is 11.1 Å². The summed E-state index contributed by atoms with van der Waals surface area (Å²) < 4.78 is 0. The molecule has 0 spiro atoms. The van der Waals surface area contributed by atoms with Crippen LogP contribution in [0.25, 0.3) is 11.1 Å². The Morgan fingerprint density at radius 3 is 2.05 bits per heavy atom. The highest BCUT2D eigenvalue weighted by Gasteiger charge is 2.09. The molecule has 2 aromatic rings. The molecule has 0 radical (unpaired) electrons. The van der Waals surface area contributed by atoms with Gasteiger partial charge >= 0.3 is 5.97 Å². The molecule has 1 N–H and O–H groups in total. The van der Waals surface area contributed by atoms with E-state index in [0.29, 0.717) is 0 Å². The van der Waals surface area contributed by atoms with Crippen LogP contribution in [0.5, 0.6) is 0 Å². The van der Waals surface area contributed by atoms with E-state index in [-0.39, 0.29) is 10.6 Å². The van der Waals surface area contributed by atoms with Crippen LogP contribution in [-0.2, 0) is 0 Å². The largest absolute Gasteiger partial charge is 0.478 e. The molecule has 0 amide bonds. The van der Waals surface area contributed by atoms with Gasteiger partial charge < -0.3 is 5.11 Å². The van der Waals surface area contributed by atoms with Crippen LogP contribution >= 0.6 is 11.6 Å². The molecular formula is C16H17ClO2. The highest BCUT2D eigenvalue weighted by atomic mass is 35.5. The van der Waals surface area contributed by atoms with E-state index in [1.165, 1.54) is 5.56 Å². The molecule has 0 aliphatic rings. The predicted molar refractivity (Wildman–Crippen MR) is 79.9 cm³/mol. The number of hydrogen-bond acceptors (Lipinski definition) is 1. The van der Waals surface area contributed by atoms with Crippen molar-refractivity contribution in [2.75, 3.05) is 0 Å². The van der Waals surface area contributed by atoms with E-state index in [1.54, 1.807) is 12.1 Å². The molecule has 0 atom stereocenters. The van der Waals surface area contributed by atoms with Gasteiger partial charge in [-0.15, -0.1) is 0 Å². The summed E-state index contributed by atoms with van der Waals surface area (Å²) in [4.78, 5) is 11.0. The lowest BCUT2D eigenvalue weighted by Gasteiger charge is -2.05. The molecule has 2 rings (SSSR count). The van der Waals surface area contributed by atoms with Gasteiger partial charge in [0.05, 0.1) is 10.6 Å². The fourth-order valence-electron chi connectivity index (χ4n) is 1.61. The normalized spacial score (nSPS) is 9.47. The van der Waals surface area contributed by atoms with Gasteiger partial charge in [-0.25, -0.2) is 4.79 Å². The van der Waals surface area contributed by atoms with Crippen molar-refractivity contribution < 1.29 is 9.90 Å². The second-order valence-electron chi connectivity index (χ2n) is 3.87. The van der Waals surface area contributed by atoms with Crippen LogP contribution in [0.4, 0.5) is 0 Å². The van der Waals surface area contributed by atoms with Gasteiger partial charge in [-0.2, -0.15) is 0 Å². The molecule has 0 saturated heterocycles. The fourth-order valence-corrected chi connectivity index (χ4v) is 1.81. The number of carboxylic acids is 1. The zero-order valence-electron chi connectivity index (χ0n) is 11.3. The van der Waals surface area contributed by atoms with Crippen LogP contribution in [0.3, 0.4) is 0 Å². The minimum atomic E-state index is -1.01. The fraction of sp³-hybridized carbons (Fsp3) is 0.188. The zero-order chi connectivity index (χ0) is 14.4. The van der Waals surface area contributed by atoms with Crippen LogP contribution < -0.4 is 0 Å². The van der Waals surface area contributed by atoms with E-state index in [4.69, 9.17) is 16.7 Å². The van der Waals surface area contributed by atoms with E-state index in [9.17, 15) is 4.79 Å². The van der Waals surface area contributed by atoms with Gasteiger partial charge in [-0.3, -0.25) is 0 Å². The van der Waals surface area contributed by atoms with E-state index in [0.717, 1.165) is 11.1 Å². The summed E-state index contributed by atoms with van der Waals surface area (Å²) in [5, 5.41) is 9.25. The van der Waals surface area contributed by atoms with Gasteiger partial charge in [0.15, 0.2) is 0 Å². The summed E-state index contributed by atoms with van der Waals surface area (Å²) in [6.07, 6.45) is 0. The molecule has 19 heavy (non-hydrogen) atoms. The van der Waals surface area contributed by atoms with Crippen LogP contribution in [0.2, 0.25) is 5.02 Å². The molecule has 0 aliphatic heterocycles. The zero-order valence-corrected chi connectivity index (χ0v) is 12.0. The summed E-state index contributed by atoms with van der Waals surface area (Å²) >= 11 is 5.82. The van der Waals surface area contributed by atoms with Gasteiger partial charge in [0.25, 0.3) is 0 Å². The smallest absolute Gasteiger partial charge is 0.337 e. The molecular weight excluding hydrogens is 260 g/mol. The van der Waals surface area contributed by atoms with E-state index in [1.807, 2.05) is 51.1 Å². The number of carboxylic acid groups (broad SMARTS) is 1. The first-order valence-electron chi connectivity index (χ1n) is 6.18. The van der Waals surface area contributed by atoms with Gasteiger partial charge in [0.1, 0.15) is 0 Å². The lowest BCUT2D eigenvalue weighted by atomic mass is 10.0. The van der Waals surface area contributed by atoms with Crippen molar-refractivity contribution in [3.05, 3.63) is 58.6 Å². The molecule has 2 aromatic carbocycles. The van der Waals surface area contributed by atoms with Crippen molar-refractivity contribution in [1.82, 2.24) is 0 Å². The van der Waals surface area contributed by atoms with Crippen molar-refractivity contribution >= 4 is 17.6 Å². The molecule has 0 aliphatic carbocycles. The Morgan fingerprint density at radius 1 is 1.00 bits per heavy atom. The Kier molecular flexibility index (Phi) is 5.58. The number of benzene rings is 2. The van der Waals surface area contributed by atoms with Gasteiger partial charge in [0, 0.05) is 0 Å². The van der Waals surface area contributed by atoms with Gasteiger partial charge in [-0.05, 0) is 30.2 Å². The first-order valence-corrected chi connectivity index (χ1v) is 6.55. The molecule has 3 heteroatoms. The number of rotatable bonds is 2. The average molecular weight is 277 g/mol. The van der Waals surface area contributed by atoms with Crippen molar-refractivity contribution in [2.24, 2.45) is 0 Å². The Balaban J connectivity index is 0.000000861. The third kappa shape index (κ3) is 3.83. The van der Waals surface area contributed by atoms with E-state index >= 15 is 0 Å². The monoisotopic (exact) mass is 276 g/mol. The van der Waals surface area contributed by atoms with E-state index in [2.05, 4.69) is 0 Å². The van der Waals surface area contributed by atoms with Gasteiger partial charge in [0.2, 0.25) is 0 Å². The van der Waals surface area contributed by atoms with Crippen molar-refractivity contribution in [1.29, 1.82) is 0 Å². The van der Waals surface area contributed by atoms with E-state index < -0.39 is 5.97 Å². The number of aryl methyl sites for hydroxylation is 1. The average Bonchev–Trinajstić information content (AvgIpc) is 2.42. The summed E-state index contributed by atoms with van der Waals surface area (Å²) in [7, 11) is 0. The highest BCUT2D eigenvalue weighted by molar-refractivity contribution is 6.33. The summed E-state index contributed by atoms with van der Waals surface area (Å²) in [5.74, 6) is -1.01. The number of aromatic carboxylic acids is 1. The third-order valence-electron chi connectivity index (χ3n) is 2.58. The second-order valence-corrected chi connectivity index (χ2v) is 4.27. The maximum Gasteiger partial charge on any atom is 0.337 e. The third-order valence-corrected chi connectivity index (χ3v) is 2.91. The lowest BCUT2D eigenvalue weighted by Crippen LogP contribution is -1.97. The molecule has 100 valence electrons. The highest BCUT2D eigenvalue weighted by Crippen LogP contribution is 2.25. The molecule has 0 heterocycles. The molecule has 0 aromatic heterocycles. The van der Waals surface area contributed by atoms with Crippen molar-refractivity contribution in [3.63, 3.8) is 0 Å². The van der Waals surface area contributed by atoms with Crippen LogP contribution in [0.1, 0.15) is 29.8 Å². The number of carbonyl (C=O) groups is 1. The summed E-state index contributed by atoms with van der Waals surface area (Å²) in [6, 6.07) is 12.9. The Hall–Kier alpha value is -1.80. The Labute approximate surface area is 118 Å². The van der Waals surface area contributed by atoms with Crippen LogP contribution in [0.15, 0.2) is 42.5 Å². The Morgan fingerprint density at radius 2 is 1.53 bits per heavy atom. The molecule has 0 bridgehead atoms. The molecule has 0 saturated carbocycles. The van der Waals surface area contributed by atoms with Crippen LogP contribution in [0, 0.1) is 6.92 Å². The molecule has 0 fully saturated rings. The minimum Gasteiger partial charge on any atom is -0.478 e. The quantitative estimate of drug-likeness (QED) is 0.834. The summed E-state index contributed by atoms with van der Waals surface area (Å²) in [5.41, 5.74) is 3.13.